The summed E-state index contributed by atoms with van der Waals surface area (Å²) in [6.07, 6.45) is 1.64. The van der Waals surface area contributed by atoms with Gasteiger partial charge in [0.05, 0.1) is 10.0 Å². The van der Waals surface area contributed by atoms with Crippen LogP contribution < -0.4 is 5.32 Å². The number of rotatable bonds is 3. The van der Waals surface area contributed by atoms with E-state index in [2.05, 4.69) is 26.2 Å². The van der Waals surface area contributed by atoms with Crippen molar-refractivity contribution in [3.8, 4) is 0 Å². The fourth-order valence-electron chi connectivity index (χ4n) is 1.38. The number of pyridine rings is 1. The van der Waals surface area contributed by atoms with Crippen LogP contribution in [-0.2, 0) is 6.54 Å². The van der Waals surface area contributed by atoms with Gasteiger partial charge in [-0.05, 0) is 39.7 Å². The van der Waals surface area contributed by atoms with E-state index < -0.39 is 5.82 Å². The SMILES string of the molecule is Fc1ccc(CNc2ncc(Br)cc2Cl)cc1Cl. The van der Waals surface area contributed by atoms with Gasteiger partial charge in [-0.3, -0.25) is 0 Å². The first-order valence-electron chi connectivity index (χ1n) is 5.05. The molecular formula is C12H8BrCl2FN2. The van der Waals surface area contributed by atoms with Crippen LogP contribution in [-0.4, -0.2) is 4.98 Å². The number of nitrogens with one attached hydrogen (secondary N) is 1. The molecule has 1 heterocycles. The Morgan fingerprint density at radius 2 is 2.00 bits per heavy atom. The molecule has 0 bridgehead atoms. The van der Waals surface area contributed by atoms with Crippen LogP contribution in [0.1, 0.15) is 5.56 Å². The number of halogens is 4. The molecule has 1 aromatic carbocycles. The Kier molecular flexibility index (Phi) is 4.43. The van der Waals surface area contributed by atoms with Gasteiger partial charge in [0.2, 0.25) is 0 Å². The molecule has 2 rings (SSSR count). The fraction of sp³-hybridized carbons (Fsp3) is 0.0833. The van der Waals surface area contributed by atoms with Crippen molar-refractivity contribution in [2.45, 2.75) is 6.54 Å². The number of benzene rings is 1. The largest absolute Gasteiger partial charge is 0.365 e. The predicted octanol–water partition coefficient (Wildman–Crippen LogP) is 4.90. The Balaban J connectivity index is 2.09. The molecule has 1 N–H and O–H groups in total. The number of aromatic nitrogens is 1. The van der Waals surface area contributed by atoms with E-state index in [-0.39, 0.29) is 5.02 Å². The van der Waals surface area contributed by atoms with Crippen LogP contribution in [0, 0.1) is 5.82 Å². The Morgan fingerprint density at radius 1 is 1.22 bits per heavy atom. The van der Waals surface area contributed by atoms with E-state index in [9.17, 15) is 4.39 Å². The highest BCUT2D eigenvalue weighted by atomic mass is 79.9. The van der Waals surface area contributed by atoms with Gasteiger partial charge in [-0.15, -0.1) is 0 Å². The standard InChI is InChI=1S/C12H8BrCl2FN2/c13-8-4-10(15)12(18-6-8)17-5-7-1-2-11(16)9(14)3-7/h1-4,6H,5H2,(H,17,18). The van der Waals surface area contributed by atoms with Gasteiger partial charge in [0.1, 0.15) is 11.6 Å². The van der Waals surface area contributed by atoms with Crippen LogP contribution in [0.25, 0.3) is 0 Å². The van der Waals surface area contributed by atoms with Crippen molar-refractivity contribution in [3.05, 3.63) is 56.4 Å². The predicted molar refractivity (Wildman–Crippen MR) is 75.7 cm³/mol. The summed E-state index contributed by atoms with van der Waals surface area (Å²) in [5, 5.41) is 3.67. The minimum absolute atomic E-state index is 0.101. The van der Waals surface area contributed by atoms with Gasteiger partial charge in [0.25, 0.3) is 0 Å². The molecule has 6 heteroatoms. The first kappa shape index (κ1) is 13.6. The third kappa shape index (κ3) is 3.34. The molecule has 0 amide bonds. The third-order valence-electron chi connectivity index (χ3n) is 2.25. The van der Waals surface area contributed by atoms with E-state index in [1.54, 1.807) is 24.4 Å². The Morgan fingerprint density at radius 3 is 2.67 bits per heavy atom. The summed E-state index contributed by atoms with van der Waals surface area (Å²) in [6.45, 7) is 0.467. The zero-order valence-corrected chi connectivity index (χ0v) is 12.2. The molecule has 0 radical (unpaired) electrons. The zero-order chi connectivity index (χ0) is 13.1. The zero-order valence-electron chi connectivity index (χ0n) is 9.05. The minimum Gasteiger partial charge on any atom is -0.365 e. The highest BCUT2D eigenvalue weighted by Crippen LogP contribution is 2.23. The van der Waals surface area contributed by atoms with Gasteiger partial charge >= 0.3 is 0 Å². The van der Waals surface area contributed by atoms with Crippen LogP contribution in [0.3, 0.4) is 0 Å². The Hall–Kier alpha value is -0.840. The van der Waals surface area contributed by atoms with Crippen molar-refractivity contribution >= 4 is 44.9 Å². The molecule has 0 aliphatic heterocycles. The number of nitrogens with zero attached hydrogens (tertiary/aromatic N) is 1. The van der Waals surface area contributed by atoms with Gasteiger partial charge < -0.3 is 5.32 Å². The van der Waals surface area contributed by atoms with Gasteiger partial charge in [-0.25, -0.2) is 9.37 Å². The first-order chi connectivity index (χ1) is 8.56. The normalized spacial score (nSPS) is 10.4. The molecule has 94 valence electrons. The lowest BCUT2D eigenvalue weighted by Crippen LogP contribution is -2.02. The lowest BCUT2D eigenvalue weighted by molar-refractivity contribution is 0.627. The lowest BCUT2D eigenvalue weighted by Gasteiger charge is -2.08. The molecule has 2 aromatic rings. The van der Waals surface area contributed by atoms with Crippen molar-refractivity contribution in [2.75, 3.05) is 5.32 Å². The van der Waals surface area contributed by atoms with Crippen LogP contribution in [0.2, 0.25) is 10.0 Å². The summed E-state index contributed by atoms with van der Waals surface area (Å²) in [4.78, 5) is 4.14. The second kappa shape index (κ2) is 5.87. The average molecular weight is 350 g/mol. The Bertz CT molecular complexity index is 578. The van der Waals surface area contributed by atoms with Crippen LogP contribution in [0.15, 0.2) is 34.9 Å². The van der Waals surface area contributed by atoms with Gasteiger partial charge in [-0.1, -0.05) is 29.3 Å². The summed E-state index contributed by atoms with van der Waals surface area (Å²) in [6, 6.07) is 6.29. The van der Waals surface area contributed by atoms with Crippen molar-refractivity contribution in [1.29, 1.82) is 0 Å². The Labute approximate surface area is 122 Å². The van der Waals surface area contributed by atoms with Crippen LogP contribution in [0.4, 0.5) is 10.2 Å². The van der Waals surface area contributed by atoms with Crippen molar-refractivity contribution in [3.63, 3.8) is 0 Å². The van der Waals surface area contributed by atoms with E-state index in [4.69, 9.17) is 23.2 Å². The molecule has 0 aliphatic carbocycles. The highest BCUT2D eigenvalue weighted by molar-refractivity contribution is 9.10. The van der Waals surface area contributed by atoms with E-state index in [0.29, 0.717) is 17.4 Å². The molecule has 0 unspecified atom stereocenters. The summed E-state index contributed by atoms with van der Waals surface area (Å²) in [5.41, 5.74) is 0.849. The highest BCUT2D eigenvalue weighted by Gasteiger charge is 2.04. The van der Waals surface area contributed by atoms with Crippen LogP contribution in [0.5, 0.6) is 0 Å². The lowest BCUT2D eigenvalue weighted by atomic mass is 10.2. The summed E-state index contributed by atoms with van der Waals surface area (Å²) in [5.74, 6) is 0.139. The second-order valence-corrected chi connectivity index (χ2v) is 5.32. The second-order valence-electron chi connectivity index (χ2n) is 3.59. The van der Waals surface area contributed by atoms with Gasteiger partial charge in [-0.2, -0.15) is 0 Å². The maximum absolute atomic E-state index is 13.0. The third-order valence-corrected chi connectivity index (χ3v) is 3.26. The summed E-state index contributed by atoms with van der Waals surface area (Å²) < 4.78 is 13.8. The molecule has 0 saturated carbocycles. The quantitative estimate of drug-likeness (QED) is 0.852. The molecule has 0 aliphatic rings. The van der Waals surface area contributed by atoms with Crippen molar-refractivity contribution < 1.29 is 4.39 Å². The molecule has 0 saturated heterocycles. The first-order valence-corrected chi connectivity index (χ1v) is 6.60. The monoisotopic (exact) mass is 348 g/mol. The van der Waals surface area contributed by atoms with Gasteiger partial charge in [0.15, 0.2) is 0 Å². The van der Waals surface area contributed by atoms with Crippen LogP contribution >= 0.6 is 39.1 Å². The molecule has 0 spiro atoms. The number of hydrogen-bond acceptors (Lipinski definition) is 2. The number of anilines is 1. The van der Waals surface area contributed by atoms with E-state index in [0.717, 1.165) is 10.0 Å². The minimum atomic E-state index is -0.430. The van der Waals surface area contributed by atoms with Gasteiger partial charge in [0, 0.05) is 17.2 Å². The smallest absolute Gasteiger partial charge is 0.145 e. The van der Waals surface area contributed by atoms with E-state index >= 15 is 0 Å². The molecule has 18 heavy (non-hydrogen) atoms. The molecule has 0 atom stereocenters. The maximum atomic E-state index is 13.0. The molecular weight excluding hydrogens is 342 g/mol. The summed E-state index contributed by atoms with van der Waals surface area (Å²) in [7, 11) is 0. The summed E-state index contributed by atoms with van der Waals surface area (Å²) >= 11 is 15.0. The van der Waals surface area contributed by atoms with Crippen molar-refractivity contribution in [1.82, 2.24) is 4.98 Å². The average Bonchev–Trinajstić information content (AvgIpc) is 2.32. The fourth-order valence-corrected chi connectivity index (χ4v) is 2.28. The van der Waals surface area contributed by atoms with E-state index in [1.165, 1.54) is 6.07 Å². The number of hydrogen-bond donors (Lipinski definition) is 1. The van der Waals surface area contributed by atoms with E-state index in [1.807, 2.05) is 0 Å². The topological polar surface area (TPSA) is 24.9 Å². The maximum Gasteiger partial charge on any atom is 0.145 e. The molecule has 1 aromatic heterocycles. The molecule has 2 nitrogen and oxygen atoms in total. The van der Waals surface area contributed by atoms with Crippen molar-refractivity contribution in [2.24, 2.45) is 0 Å². The molecule has 0 fully saturated rings.